The maximum Gasteiger partial charge on any atom is 0.180 e. The van der Waals surface area contributed by atoms with E-state index in [1.165, 1.54) is 24.3 Å². The molecule has 2 aromatic heterocycles. The Morgan fingerprint density at radius 1 is 1.38 bits per heavy atom. The highest BCUT2D eigenvalue weighted by atomic mass is 32.2. The smallest absolute Gasteiger partial charge is 0.180 e. The van der Waals surface area contributed by atoms with Gasteiger partial charge in [0.05, 0.1) is 6.20 Å². The van der Waals surface area contributed by atoms with Crippen LogP contribution in [0.2, 0.25) is 0 Å². The van der Waals surface area contributed by atoms with E-state index >= 15 is 0 Å². The van der Waals surface area contributed by atoms with Gasteiger partial charge in [-0.2, -0.15) is 11.8 Å². The molecule has 1 fully saturated rings. The van der Waals surface area contributed by atoms with E-state index in [1.807, 2.05) is 0 Å². The maximum absolute atomic E-state index is 4.49. The second kappa shape index (κ2) is 4.41. The highest BCUT2D eigenvalue weighted by molar-refractivity contribution is 7.99. The highest BCUT2D eigenvalue weighted by Crippen LogP contribution is 2.25. The van der Waals surface area contributed by atoms with Crippen LogP contribution in [0.3, 0.4) is 0 Å². The summed E-state index contributed by atoms with van der Waals surface area (Å²) in [6.45, 7) is 0. The average Bonchev–Trinajstić information content (AvgIpc) is 2.72. The van der Waals surface area contributed by atoms with Crippen molar-refractivity contribution < 1.29 is 0 Å². The zero-order chi connectivity index (χ0) is 10.8. The molecule has 5 heteroatoms. The van der Waals surface area contributed by atoms with Gasteiger partial charge < -0.3 is 4.98 Å². The molecule has 1 aliphatic heterocycles. The lowest BCUT2D eigenvalue weighted by molar-refractivity contribution is 0.478. The molecule has 1 aliphatic rings. The van der Waals surface area contributed by atoms with E-state index in [9.17, 15) is 0 Å². The van der Waals surface area contributed by atoms with Crippen LogP contribution in [-0.4, -0.2) is 31.4 Å². The fourth-order valence-electron chi connectivity index (χ4n) is 2.13. The SMILES string of the molecule is c1ncc2[nH]c(CC3CCSCC3)nc2n1. The molecule has 84 valence electrons. The minimum Gasteiger partial charge on any atom is -0.339 e. The van der Waals surface area contributed by atoms with Gasteiger partial charge in [0.1, 0.15) is 17.7 Å². The van der Waals surface area contributed by atoms with Crippen molar-refractivity contribution >= 4 is 22.9 Å². The van der Waals surface area contributed by atoms with Crippen LogP contribution in [0.4, 0.5) is 0 Å². The lowest BCUT2D eigenvalue weighted by Gasteiger charge is -2.19. The summed E-state index contributed by atoms with van der Waals surface area (Å²) in [5, 5.41) is 0. The summed E-state index contributed by atoms with van der Waals surface area (Å²) in [6, 6.07) is 0. The number of hydrogen-bond donors (Lipinski definition) is 1. The maximum atomic E-state index is 4.49. The molecule has 0 unspecified atom stereocenters. The van der Waals surface area contributed by atoms with E-state index in [-0.39, 0.29) is 0 Å². The molecule has 0 spiro atoms. The van der Waals surface area contributed by atoms with Gasteiger partial charge in [0, 0.05) is 6.42 Å². The lowest BCUT2D eigenvalue weighted by atomic mass is 9.99. The molecule has 0 bridgehead atoms. The summed E-state index contributed by atoms with van der Waals surface area (Å²) in [4.78, 5) is 15.9. The van der Waals surface area contributed by atoms with Gasteiger partial charge in [-0.3, -0.25) is 0 Å². The number of H-pyrrole nitrogens is 1. The number of nitrogens with zero attached hydrogens (tertiary/aromatic N) is 3. The number of rotatable bonds is 2. The number of aromatic amines is 1. The number of aromatic nitrogens is 4. The van der Waals surface area contributed by atoms with Gasteiger partial charge in [-0.05, 0) is 30.3 Å². The lowest BCUT2D eigenvalue weighted by Crippen LogP contribution is -2.12. The van der Waals surface area contributed by atoms with Gasteiger partial charge in [-0.15, -0.1) is 0 Å². The molecule has 0 amide bonds. The first kappa shape index (κ1) is 10.1. The molecule has 3 heterocycles. The number of hydrogen-bond acceptors (Lipinski definition) is 4. The van der Waals surface area contributed by atoms with Gasteiger partial charge in [0.2, 0.25) is 0 Å². The molecular formula is C11H14N4S. The van der Waals surface area contributed by atoms with Crippen molar-refractivity contribution in [3.05, 3.63) is 18.3 Å². The Morgan fingerprint density at radius 3 is 3.06 bits per heavy atom. The quantitative estimate of drug-likeness (QED) is 0.864. The Balaban J connectivity index is 1.78. The minimum absolute atomic E-state index is 0.787. The summed E-state index contributed by atoms with van der Waals surface area (Å²) < 4.78 is 0. The van der Waals surface area contributed by atoms with Crippen molar-refractivity contribution in [3.63, 3.8) is 0 Å². The number of nitrogens with one attached hydrogen (secondary N) is 1. The Morgan fingerprint density at radius 2 is 2.25 bits per heavy atom. The third kappa shape index (κ3) is 2.04. The first-order valence-electron chi connectivity index (χ1n) is 5.64. The van der Waals surface area contributed by atoms with Crippen LogP contribution < -0.4 is 0 Å². The summed E-state index contributed by atoms with van der Waals surface area (Å²) in [5.74, 6) is 4.44. The predicted molar refractivity (Wildman–Crippen MR) is 65.4 cm³/mol. The van der Waals surface area contributed by atoms with Crippen LogP contribution in [0.15, 0.2) is 12.5 Å². The Kier molecular flexibility index (Phi) is 2.78. The normalized spacial score (nSPS) is 18.0. The van der Waals surface area contributed by atoms with E-state index < -0.39 is 0 Å². The fourth-order valence-corrected chi connectivity index (χ4v) is 3.34. The second-order valence-corrected chi connectivity index (χ2v) is 5.43. The van der Waals surface area contributed by atoms with Crippen molar-refractivity contribution in [1.29, 1.82) is 0 Å². The molecule has 3 rings (SSSR count). The molecule has 1 N–H and O–H groups in total. The van der Waals surface area contributed by atoms with Crippen molar-refractivity contribution in [2.24, 2.45) is 5.92 Å². The Bertz CT molecular complexity index is 443. The van der Waals surface area contributed by atoms with E-state index in [2.05, 4.69) is 31.7 Å². The largest absolute Gasteiger partial charge is 0.339 e. The standard InChI is InChI=1S/C11H14N4S/c1-3-16-4-2-8(1)5-10-14-9-6-12-7-13-11(9)15-10/h6-8H,1-5H2,(H,12,13,14,15). The van der Waals surface area contributed by atoms with Crippen LogP contribution in [0, 0.1) is 5.92 Å². The van der Waals surface area contributed by atoms with Gasteiger partial charge in [-0.25, -0.2) is 15.0 Å². The van der Waals surface area contributed by atoms with Crippen LogP contribution in [0.1, 0.15) is 18.7 Å². The average molecular weight is 234 g/mol. The zero-order valence-corrected chi connectivity index (χ0v) is 9.83. The van der Waals surface area contributed by atoms with Crippen molar-refractivity contribution in [3.8, 4) is 0 Å². The van der Waals surface area contributed by atoms with Crippen LogP contribution in [0.25, 0.3) is 11.2 Å². The monoisotopic (exact) mass is 234 g/mol. The van der Waals surface area contributed by atoms with Gasteiger partial charge in [-0.1, -0.05) is 0 Å². The molecule has 4 nitrogen and oxygen atoms in total. The molecule has 0 aliphatic carbocycles. The van der Waals surface area contributed by atoms with E-state index in [0.29, 0.717) is 0 Å². The van der Waals surface area contributed by atoms with Crippen molar-refractivity contribution in [2.45, 2.75) is 19.3 Å². The van der Waals surface area contributed by atoms with Crippen LogP contribution >= 0.6 is 11.8 Å². The summed E-state index contributed by atoms with van der Waals surface area (Å²) in [5.41, 5.74) is 1.73. The van der Waals surface area contributed by atoms with E-state index in [0.717, 1.165) is 29.3 Å². The molecule has 0 aromatic carbocycles. The summed E-state index contributed by atoms with van der Waals surface area (Å²) in [7, 11) is 0. The zero-order valence-electron chi connectivity index (χ0n) is 9.02. The third-order valence-electron chi connectivity index (χ3n) is 3.03. The molecule has 1 saturated heterocycles. The van der Waals surface area contributed by atoms with Gasteiger partial charge in [0.15, 0.2) is 5.65 Å². The van der Waals surface area contributed by atoms with Crippen LogP contribution in [0.5, 0.6) is 0 Å². The number of fused-ring (bicyclic) bond motifs is 1. The molecule has 0 radical (unpaired) electrons. The topological polar surface area (TPSA) is 54.5 Å². The van der Waals surface area contributed by atoms with Gasteiger partial charge in [0.25, 0.3) is 0 Å². The Labute approximate surface area is 98.3 Å². The molecule has 0 saturated carbocycles. The molecule has 16 heavy (non-hydrogen) atoms. The Hall–Kier alpha value is -1.10. The number of thioether (sulfide) groups is 1. The number of imidazole rings is 1. The fraction of sp³-hybridized carbons (Fsp3) is 0.545. The highest BCUT2D eigenvalue weighted by Gasteiger charge is 2.16. The molecular weight excluding hydrogens is 220 g/mol. The van der Waals surface area contributed by atoms with Crippen LogP contribution in [-0.2, 0) is 6.42 Å². The minimum atomic E-state index is 0.787. The van der Waals surface area contributed by atoms with Gasteiger partial charge >= 0.3 is 0 Å². The van der Waals surface area contributed by atoms with Crippen molar-refractivity contribution in [2.75, 3.05) is 11.5 Å². The summed E-state index contributed by atoms with van der Waals surface area (Å²) >= 11 is 2.06. The third-order valence-corrected chi connectivity index (χ3v) is 4.08. The predicted octanol–water partition coefficient (Wildman–Crippen LogP) is 2.04. The van der Waals surface area contributed by atoms with Crippen molar-refractivity contribution in [1.82, 2.24) is 19.9 Å². The van der Waals surface area contributed by atoms with E-state index in [4.69, 9.17) is 0 Å². The van der Waals surface area contributed by atoms with E-state index in [1.54, 1.807) is 12.5 Å². The first-order valence-corrected chi connectivity index (χ1v) is 6.79. The first-order chi connectivity index (χ1) is 7.92. The second-order valence-electron chi connectivity index (χ2n) is 4.20. The summed E-state index contributed by atoms with van der Waals surface area (Å²) in [6.07, 6.45) is 7.01. The molecule has 2 aromatic rings. The molecule has 0 atom stereocenters.